The molecule has 0 saturated heterocycles. The molecule has 0 spiro atoms. The lowest BCUT2D eigenvalue weighted by molar-refractivity contribution is -0.141. The number of hydrogen-bond donors (Lipinski definition) is 1. The molecule has 0 radical (unpaired) electrons. The summed E-state index contributed by atoms with van der Waals surface area (Å²) >= 11 is 0. The quantitative estimate of drug-likeness (QED) is 0.617. The Hall–Kier alpha value is -0.790. The van der Waals surface area contributed by atoms with Gasteiger partial charge in [-0.15, -0.1) is 13.2 Å². The van der Waals surface area contributed by atoms with E-state index in [1.165, 1.54) is 0 Å². The second-order valence-corrected chi connectivity index (χ2v) is 2.03. The molecule has 0 amide bonds. The van der Waals surface area contributed by atoms with Gasteiger partial charge >= 0.3 is 5.97 Å². The number of carboxylic acids is 1. The predicted molar refractivity (Wildman–Crippen MR) is 43.0 cm³/mol. The van der Waals surface area contributed by atoms with Gasteiger partial charge in [0, 0.05) is 0 Å². The van der Waals surface area contributed by atoms with Crippen LogP contribution in [-0.4, -0.2) is 11.1 Å². The fraction of sp³-hybridized carbons (Fsp3) is 0.625. The summed E-state index contributed by atoms with van der Waals surface area (Å²) in [5.41, 5.74) is 0. The Bertz CT molecular complexity index is 89.3. The predicted octanol–water partition coefficient (Wildman–Crippen LogP) is 2.31. The third-order valence-corrected chi connectivity index (χ3v) is 1.14. The van der Waals surface area contributed by atoms with Gasteiger partial charge in [-0.1, -0.05) is 20.3 Å². The van der Waals surface area contributed by atoms with Crippen LogP contribution in [0.2, 0.25) is 0 Å². The third kappa shape index (κ3) is 7.21. The molecule has 0 aromatic rings. The summed E-state index contributed by atoms with van der Waals surface area (Å²) in [6.07, 6.45) is 1.74. The molecule has 0 aliphatic carbocycles. The van der Waals surface area contributed by atoms with E-state index in [0.717, 1.165) is 12.8 Å². The molecule has 1 unspecified atom stereocenters. The molecule has 0 aliphatic rings. The van der Waals surface area contributed by atoms with Crippen LogP contribution in [0.4, 0.5) is 0 Å². The first-order valence-corrected chi connectivity index (χ1v) is 3.41. The highest BCUT2D eigenvalue weighted by Gasteiger charge is 2.07. The first-order chi connectivity index (χ1) is 4.68. The van der Waals surface area contributed by atoms with Crippen molar-refractivity contribution in [1.82, 2.24) is 0 Å². The largest absolute Gasteiger partial charge is 0.481 e. The van der Waals surface area contributed by atoms with Crippen LogP contribution in [0.15, 0.2) is 13.2 Å². The zero-order chi connectivity index (χ0) is 8.57. The lowest BCUT2D eigenvalue weighted by atomic mass is 10.1. The van der Waals surface area contributed by atoms with Crippen LogP contribution in [0, 0.1) is 5.92 Å². The van der Waals surface area contributed by atoms with Crippen molar-refractivity contribution in [3.05, 3.63) is 13.2 Å². The van der Waals surface area contributed by atoms with Crippen LogP contribution in [0.1, 0.15) is 26.7 Å². The molecule has 0 aromatic carbocycles. The second-order valence-electron chi connectivity index (χ2n) is 2.03. The van der Waals surface area contributed by atoms with Gasteiger partial charge in [-0.25, -0.2) is 0 Å². The highest BCUT2D eigenvalue weighted by Crippen LogP contribution is 2.03. The van der Waals surface area contributed by atoms with Crippen molar-refractivity contribution in [3.63, 3.8) is 0 Å². The summed E-state index contributed by atoms with van der Waals surface area (Å²) in [4.78, 5) is 10.1. The Morgan fingerprint density at radius 2 is 2.00 bits per heavy atom. The Morgan fingerprint density at radius 1 is 1.60 bits per heavy atom. The zero-order valence-corrected chi connectivity index (χ0v) is 6.76. The third-order valence-electron chi connectivity index (χ3n) is 1.14. The van der Waals surface area contributed by atoms with E-state index in [1.807, 2.05) is 6.92 Å². The van der Waals surface area contributed by atoms with Gasteiger partial charge in [0.1, 0.15) is 0 Å². The zero-order valence-electron chi connectivity index (χ0n) is 6.76. The summed E-state index contributed by atoms with van der Waals surface area (Å²) in [7, 11) is 0. The van der Waals surface area contributed by atoms with Crippen LogP contribution >= 0.6 is 0 Å². The monoisotopic (exact) mass is 144 g/mol. The highest BCUT2D eigenvalue weighted by atomic mass is 16.4. The summed E-state index contributed by atoms with van der Waals surface area (Å²) in [6.45, 7) is 9.71. The van der Waals surface area contributed by atoms with E-state index in [4.69, 9.17) is 5.11 Å². The van der Waals surface area contributed by atoms with Crippen molar-refractivity contribution in [1.29, 1.82) is 0 Å². The molecule has 0 aromatic heterocycles. The molecule has 2 heteroatoms. The second kappa shape index (κ2) is 8.21. The van der Waals surface area contributed by atoms with Gasteiger partial charge in [-0.05, 0) is 6.42 Å². The molecule has 0 heterocycles. The molecular formula is C8H16O2. The van der Waals surface area contributed by atoms with Crippen LogP contribution in [0.5, 0.6) is 0 Å². The van der Waals surface area contributed by atoms with Gasteiger partial charge in [0.05, 0.1) is 5.92 Å². The normalized spacial score (nSPS) is 11.0. The smallest absolute Gasteiger partial charge is 0.306 e. The Labute approximate surface area is 62.6 Å². The number of rotatable bonds is 3. The minimum atomic E-state index is -0.688. The van der Waals surface area contributed by atoms with Crippen LogP contribution < -0.4 is 0 Å². The molecule has 2 nitrogen and oxygen atoms in total. The number of carbonyl (C=O) groups is 1. The Morgan fingerprint density at radius 3 is 2.10 bits per heavy atom. The van der Waals surface area contributed by atoms with Gasteiger partial charge in [-0.3, -0.25) is 4.79 Å². The van der Waals surface area contributed by atoms with Crippen molar-refractivity contribution < 1.29 is 9.90 Å². The van der Waals surface area contributed by atoms with Gasteiger partial charge in [-0.2, -0.15) is 0 Å². The van der Waals surface area contributed by atoms with E-state index in [2.05, 4.69) is 13.2 Å². The molecule has 0 rings (SSSR count). The average molecular weight is 144 g/mol. The minimum absolute atomic E-state index is 0.167. The van der Waals surface area contributed by atoms with Gasteiger partial charge < -0.3 is 5.11 Å². The topological polar surface area (TPSA) is 37.3 Å². The molecular weight excluding hydrogens is 128 g/mol. The maximum absolute atomic E-state index is 10.1. The van der Waals surface area contributed by atoms with Crippen molar-refractivity contribution in [2.45, 2.75) is 26.7 Å². The lowest BCUT2D eigenvalue weighted by Gasteiger charge is -2.00. The van der Waals surface area contributed by atoms with E-state index in [0.29, 0.717) is 0 Å². The first kappa shape index (κ1) is 11.9. The van der Waals surface area contributed by atoms with E-state index >= 15 is 0 Å². The Balaban J connectivity index is 0. The number of hydrogen-bond acceptors (Lipinski definition) is 1. The molecule has 0 fully saturated rings. The number of carboxylic acid groups (broad SMARTS) is 1. The van der Waals surface area contributed by atoms with E-state index < -0.39 is 5.97 Å². The van der Waals surface area contributed by atoms with E-state index in [9.17, 15) is 4.79 Å². The minimum Gasteiger partial charge on any atom is -0.481 e. The summed E-state index contributed by atoms with van der Waals surface area (Å²) in [6, 6.07) is 0. The SMILES string of the molecule is C=C.CCCC(C)C(=O)O. The standard InChI is InChI=1S/C6H12O2.C2H4/c1-3-4-5(2)6(7)8;1-2/h5H,3-4H2,1-2H3,(H,7,8);1-2H2. The van der Waals surface area contributed by atoms with Gasteiger partial charge in [0.2, 0.25) is 0 Å². The van der Waals surface area contributed by atoms with Crippen molar-refractivity contribution >= 4 is 5.97 Å². The number of aliphatic carboxylic acids is 1. The fourth-order valence-corrected chi connectivity index (χ4v) is 0.556. The summed E-state index contributed by atoms with van der Waals surface area (Å²) in [5.74, 6) is -0.855. The molecule has 1 atom stereocenters. The maximum atomic E-state index is 10.1. The molecule has 60 valence electrons. The molecule has 0 saturated carbocycles. The summed E-state index contributed by atoms with van der Waals surface area (Å²) < 4.78 is 0. The van der Waals surface area contributed by atoms with Crippen LogP contribution in [-0.2, 0) is 4.79 Å². The molecule has 0 bridgehead atoms. The van der Waals surface area contributed by atoms with Crippen molar-refractivity contribution in [3.8, 4) is 0 Å². The van der Waals surface area contributed by atoms with Crippen molar-refractivity contribution in [2.24, 2.45) is 5.92 Å². The summed E-state index contributed by atoms with van der Waals surface area (Å²) in [5, 5.41) is 8.31. The maximum Gasteiger partial charge on any atom is 0.306 e. The van der Waals surface area contributed by atoms with E-state index in [-0.39, 0.29) is 5.92 Å². The average Bonchev–Trinajstić information content (AvgIpc) is 1.93. The van der Waals surface area contributed by atoms with Crippen LogP contribution in [0.25, 0.3) is 0 Å². The lowest BCUT2D eigenvalue weighted by Crippen LogP contribution is -2.08. The molecule has 0 aliphatic heterocycles. The highest BCUT2D eigenvalue weighted by molar-refractivity contribution is 5.69. The van der Waals surface area contributed by atoms with Gasteiger partial charge in [0.25, 0.3) is 0 Å². The fourth-order valence-electron chi connectivity index (χ4n) is 0.556. The van der Waals surface area contributed by atoms with E-state index in [1.54, 1.807) is 6.92 Å². The Kier molecular flexibility index (Phi) is 9.80. The molecule has 1 N–H and O–H groups in total. The molecule has 10 heavy (non-hydrogen) atoms. The van der Waals surface area contributed by atoms with Crippen LogP contribution in [0.3, 0.4) is 0 Å². The van der Waals surface area contributed by atoms with Crippen molar-refractivity contribution in [2.75, 3.05) is 0 Å². The van der Waals surface area contributed by atoms with Gasteiger partial charge in [0.15, 0.2) is 0 Å². The first-order valence-electron chi connectivity index (χ1n) is 3.41.